The fourth-order valence-electron chi connectivity index (χ4n) is 1.61. The summed E-state index contributed by atoms with van der Waals surface area (Å²) in [5.74, 6) is 1.72. The van der Waals surface area contributed by atoms with Crippen molar-refractivity contribution in [2.24, 2.45) is 0 Å². The van der Waals surface area contributed by atoms with Crippen molar-refractivity contribution >= 4 is 0 Å². The molecule has 0 aromatic heterocycles. The monoisotopic (exact) mass is 263 g/mol. The zero-order chi connectivity index (χ0) is 14.1. The van der Waals surface area contributed by atoms with Crippen LogP contribution in [0.5, 0.6) is 11.5 Å². The minimum atomic E-state index is -0.0122. The average Bonchev–Trinajstić information content (AvgIpc) is 2.43. The van der Waals surface area contributed by atoms with E-state index < -0.39 is 0 Å². The molecule has 1 N–H and O–H groups in total. The number of benzene rings is 1. The van der Waals surface area contributed by atoms with Crippen LogP contribution in [0.15, 0.2) is 30.9 Å². The molecule has 0 aliphatic heterocycles. The van der Waals surface area contributed by atoms with Gasteiger partial charge in [-0.3, -0.25) is 0 Å². The molecular formula is C16H25NO2. The van der Waals surface area contributed by atoms with Crippen LogP contribution in [0.1, 0.15) is 32.8 Å². The van der Waals surface area contributed by atoms with Gasteiger partial charge in [0.05, 0.1) is 6.61 Å². The zero-order valence-corrected chi connectivity index (χ0v) is 12.2. The predicted octanol–water partition coefficient (Wildman–Crippen LogP) is 3.54. The van der Waals surface area contributed by atoms with Crippen molar-refractivity contribution in [2.75, 3.05) is 13.2 Å². The standard InChI is InChI=1S/C16H25NO2/c1-5-10-18-15-9-8-14(12-17-7-3)16(11-15)19-13(4)6-2/h6,8-9,11,13,17H,2,5,7,10,12H2,1,3-4H3. The van der Waals surface area contributed by atoms with Crippen LogP contribution in [0, 0.1) is 0 Å². The lowest BCUT2D eigenvalue weighted by Gasteiger charge is -2.16. The molecule has 0 aliphatic rings. The SMILES string of the molecule is C=CC(C)Oc1cc(OCCC)ccc1CNCC. The van der Waals surface area contributed by atoms with E-state index in [0.29, 0.717) is 0 Å². The molecule has 1 aromatic rings. The van der Waals surface area contributed by atoms with Crippen molar-refractivity contribution < 1.29 is 9.47 Å². The molecule has 3 heteroatoms. The largest absolute Gasteiger partial charge is 0.493 e. The van der Waals surface area contributed by atoms with E-state index in [0.717, 1.165) is 43.2 Å². The van der Waals surface area contributed by atoms with Gasteiger partial charge in [0.25, 0.3) is 0 Å². The molecule has 0 heterocycles. The van der Waals surface area contributed by atoms with Gasteiger partial charge in [-0.1, -0.05) is 32.6 Å². The van der Waals surface area contributed by atoms with Gasteiger partial charge in [-0.2, -0.15) is 0 Å². The number of hydrogen-bond donors (Lipinski definition) is 1. The van der Waals surface area contributed by atoms with Gasteiger partial charge < -0.3 is 14.8 Å². The quantitative estimate of drug-likeness (QED) is 0.691. The predicted molar refractivity (Wildman–Crippen MR) is 79.9 cm³/mol. The highest BCUT2D eigenvalue weighted by Crippen LogP contribution is 2.26. The molecule has 0 bridgehead atoms. The topological polar surface area (TPSA) is 30.5 Å². The van der Waals surface area contributed by atoms with Gasteiger partial charge in [-0.05, 0) is 26.0 Å². The summed E-state index contributed by atoms with van der Waals surface area (Å²) in [5.41, 5.74) is 1.14. The molecule has 0 fully saturated rings. The normalized spacial score (nSPS) is 11.9. The van der Waals surface area contributed by atoms with Crippen molar-refractivity contribution in [1.29, 1.82) is 0 Å². The third-order valence-corrected chi connectivity index (χ3v) is 2.72. The summed E-state index contributed by atoms with van der Waals surface area (Å²) in [6.07, 6.45) is 2.77. The maximum atomic E-state index is 5.87. The molecule has 0 spiro atoms. The first-order valence-corrected chi connectivity index (χ1v) is 6.96. The van der Waals surface area contributed by atoms with Gasteiger partial charge in [-0.15, -0.1) is 0 Å². The van der Waals surface area contributed by atoms with Crippen LogP contribution in [0.4, 0.5) is 0 Å². The molecule has 0 radical (unpaired) electrons. The van der Waals surface area contributed by atoms with Crippen LogP contribution in [0.25, 0.3) is 0 Å². The van der Waals surface area contributed by atoms with Crippen LogP contribution in [0.2, 0.25) is 0 Å². The lowest BCUT2D eigenvalue weighted by molar-refractivity contribution is 0.262. The van der Waals surface area contributed by atoms with E-state index in [4.69, 9.17) is 9.47 Å². The van der Waals surface area contributed by atoms with Crippen molar-refractivity contribution in [2.45, 2.75) is 39.8 Å². The number of nitrogens with one attached hydrogen (secondary N) is 1. The minimum absolute atomic E-state index is 0.0122. The van der Waals surface area contributed by atoms with E-state index in [1.807, 2.05) is 19.1 Å². The Morgan fingerprint density at radius 1 is 1.37 bits per heavy atom. The molecule has 106 valence electrons. The highest BCUT2D eigenvalue weighted by Gasteiger charge is 2.08. The summed E-state index contributed by atoms with van der Waals surface area (Å²) >= 11 is 0. The second kappa shape index (κ2) is 8.59. The van der Waals surface area contributed by atoms with Crippen molar-refractivity contribution in [3.05, 3.63) is 36.4 Å². The second-order valence-electron chi connectivity index (χ2n) is 4.46. The van der Waals surface area contributed by atoms with Crippen molar-refractivity contribution in [3.8, 4) is 11.5 Å². The van der Waals surface area contributed by atoms with Crippen LogP contribution in [0.3, 0.4) is 0 Å². The maximum absolute atomic E-state index is 5.87. The van der Waals surface area contributed by atoms with Gasteiger partial charge in [0.2, 0.25) is 0 Å². The zero-order valence-electron chi connectivity index (χ0n) is 12.2. The Balaban J connectivity index is 2.86. The molecule has 0 amide bonds. The van der Waals surface area contributed by atoms with Gasteiger partial charge in [0, 0.05) is 18.2 Å². The molecule has 0 saturated carbocycles. The molecular weight excluding hydrogens is 238 g/mol. The van der Waals surface area contributed by atoms with Crippen molar-refractivity contribution in [3.63, 3.8) is 0 Å². The Hall–Kier alpha value is -1.48. The Morgan fingerprint density at radius 3 is 2.79 bits per heavy atom. The van der Waals surface area contributed by atoms with Gasteiger partial charge in [0.1, 0.15) is 17.6 Å². The summed E-state index contributed by atoms with van der Waals surface area (Å²) in [5, 5.41) is 3.31. The van der Waals surface area contributed by atoms with Gasteiger partial charge >= 0.3 is 0 Å². The lowest BCUT2D eigenvalue weighted by atomic mass is 10.2. The van der Waals surface area contributed by atoms with Crippen LogP contribution in [-0.2, 0) is 6.54 Å². The van der Waals surface area contributed by atoms with Crippen LogP contribution >= 0.6 is 0 Å². The summed E-state index contributed by atoms with van der Waals surface area (Å²) in [6.45, 7) is 12.4. The van der Waals surface area contributed by atoms with E-state index in [9.17, 15) is 0 Å². The van der Waals surface area contributed by atoms with E-state index in [1.54, 1.807) is 6.08 Å². The molecule has 19 heavy (non-hydrogen) atoms. The Kier molecular flexibility index (Phi) is 7.04. The van der Waals surface area contributed by atoms with E-state index in [2.05, 4.69) is 31.8 Å². The number of ether oxygens (including phenoxy) is 2. The Morgan fingerprint density at radius 2 is 2.16 bits per heavy atom. The van der Waals surface area contributed by atoms with E-state index in [1.165, 1.54) is 0 Å². The first kappa shape index (κ1) is 15.6. The molecule has 3 nitrogen and oxygen atoms in total. The number of rotatable bonds is 9. The summed E-state index contributed by atoms with van der Waals surface area (Å²) < 4.78 is 11.5. The van der Waals surface area contributed by atoms with Gasteiger partial charge in [0.15, 0.2) is 0 Å². The smallest absolute Gasteiger partial charge is 0.128 e. The third-order valence-electron chi connectivity index (χ3n) is 2.72. The highest BCUT2D eigenvalue weighted by molar-refractivity contribution is 5.41. The summed E-state index contributed by atoms with van der Waals surface area (Å²) in [4.78, 5) is 0. The molecule has 1 unspecified atom stereocenters. The first-order valence-electron chi connectivity index (χ1n) is 6.96. The third kappa shape index (κ3) is 5.35. The van der Waals surface area contributed by atoms with Crippen molar-refractivity contribution in [1.82, 2.24) is 5.32 Å². The van der Waals surface area contributed by atoms with Crippen LogP contribution < -0.4 is 14.8 Å². The highest BCUT2D eigenvalue weighted by atomic mass is 16.5. The van der Waals surface area contributed by atoms with Gasteiger partial charge in [-0.25, -0.2) is 0 Å². The van der Waals surface area contributed by atoms with Crippen LogP contribution in [-0.4, -0.2) is 19.3 Å². The van der Waals surface area contributed by atoms with E-state index >= 15 is 0 Å². The lowest BCUT2D eigenvalue weighted by Crippen LogP contribution is -2.15. The molecule has 1 atom stereocenters. The van der Waals surface area contributed by atoms with E-state index in [-0.39, 0.29) is 6.10 Å². The molecule has 1 rings (SSSR count). The minimum Gasteiger partial charge on any atom is -0.493 e. The second-order valence-corrected chi connectivity index (χ2v) is 4.46. The summed E-state index contributed by atoms with van der Waals surface area (Å²) in [6, 6.07) is 6.01. The molecule has 0 aliphatic carbocycles. The molecule has 0 saturated heterocycles. The Labute approximate surface area is 116 Å². The Bertz CT molecular complexity index is 390. The maximum Gasteiger partial charge on any atom is 0.128 e. The average molecular weight is 263 g/mol. The number of hydrogen-bond acceptors (Lipinski definition) is 3. The first-order chi connectivity index (χ1) is 9.21. The molecule has 1 aromatic carbocycles. The summed E-state index contributed by atoms with van der Waals surface area (Å²) in [7, 11) is 0. The fourth-order valence-corrected chi connectivity index (χ4v) is 1.61. The fraction of sp³-hybridized carbons (Fsp3) is 0.500.